The van der Waals surface area contributed by atoms with Gasteiger partial charge in [-0.15, -0.1) is 0 Å². The second kappa shape index (κ2) is 8.27. The first-order valence-corrected chi connectivity index (χ1v) is 12.1. The van der Waals surface area contributed by atoms with Crippen molar-refractivity contribution in [1.82, 2.24) is 14.4 Å². The Morgan fingerprint density at radius 1 is 1.06 bits per heavy atom. The van der Waals surface area contributed by atoms with Gasteiger partial charge in [-0.2, -0.15) is 0 Å². The number of nitrogens with zero attached hydrogens (tertiary/aromatic N) is 4. The van der Waals surface area contributed by atoms with Gasteiger partial charge in [0.05, 0.1) is 11.0 Å². The topological polar surface area (TPSA) is 90.1 Å². The number of carbonyl (C=O) groups excluding carboxylic acids is 1. The van der Waals surface area contributed by atoms with Crippen LogP contribution < -0.4 is 9.47 Å². The molecule has 2 fully saturated rings. The van der Waals surface area contributed by atoms with Gasteiger partial charge in [-0.25, -0.2) is 0 Å². The van der Waals surface area contributed by atoms with Crippen LogP contribution in [0, 0.1) is 15.5 Å². The summed E-state index contributed by atoms with van der Waals surface area (Å²) >= 11 is 0. The minimum Gasteiger partial charge on any atom is -0.454 e. The summed E-state index contributed by atoms with van der Waals surface area (Å²) in [5.74, 6) is 1.09. The molecular weight excluding hydrogens is 448 g/mol. The molecule has 9 nitrogen and oxygen atoms in total. The van der Waals surface area contributed by atoms with Gasteiger partial charge < -0.3 is 18.9 Å². The molecule has 0 atom stereocenters. The number of hydrogen-bond acceptors (Lipinski definition) is 6. The van der Waals surface area contributed by atoms with E-state index in [1.807, 2.05) is 46.8 Å². The molecule has 3 aliphatic heterocycles. The highest BCUT2D eigenvalue weighted by Gasteiger charge is 2.42. The van der Waals surface area contributed by atoms with Crippen LogP contribution >= 0.6 is 0 Å². The van der Waals surface area contributed by atoms with Gasteiger partial charge in [0.25, 0.3) is 11.6 Å². The van der Waals surface area contributed by atoms with E-state index in [2.05, 4.69) is 4.90 Å². The van der Waals surface area contributed by atoms with Gasteiger partial charge in [-0.05, 0) is 49.4 Å². The lowest BCUT2D eigenvalue weighted by Crippen LogP contribution is -2.44. The zero-order valence-corrected chi connectivity index (χ0v) is 19.7. The third-order valence-electron chi connectivity index (χ3n) is 7.96. The maximum atomic E-state index is 13.3. The molecule has 35 heavy (non-hydrogen) atoms. The van der Waals surface area contributed by atoms with Crippen LogP contribution in [-0.4, -0.2) is 58.2 Å². The van der Waals surface area contributed by atoms with E-state index in [9.17, 15) is 14.9 Å². The van der Waals surface area contributed by atoms with E-state index in [0.29, 0.717) is 23.6 Å². The molecule has 182 valence electrons. The van der Waals surface area contributed by atoms with Crippen molar-refractivity contribution in [3.63, 3.8) is 0 Å². The van der Waals surface area contributed by atoms with E-state index in [4.69, 9.17) is 9.47 Å². The van der Waals surface area contributed by atoms with Gasteiger partial charge >= 0.3 is 0 Å². The minimum atomic E-state index is -0.347. The molecule has 2 saturated heterocycles. The van der Waals surface area contributed by atoms with Crippen LogP contribution in [0.5, 0.6) is 11.5 Å². The van der Waals surface area contributed by atoms with E-state index in [-0.39, 0.29) is 28.7 Å². The number of aryl methyl sites for hydroxylation is 1. The number of ether oxygens (including phenoxy) is 2. The largest absolute Gasteiger partial charge is 0.454 e. The highest BCUT2D eigenvalue weighted by Crippen LogP contribution is 2.43. The summed E-state index contributed by atoms with van der Waals surface area (Å²) in [5.41, 5.74) is 2.67. The molecular formula is C26H28N4O5. The Labute approximate surface area is 203 Å². The average Bonchev–Trinajstić information content (AvgIpc) is 3.56. The number of likely N-dealkylation sites (tertiary alicyclic amines) is 2. The highest BCUT2D eigenvalue weighted by molar-refractivity contribution is 5.98. The van der Waals surface area contributed by atoms with Gasteiger partial charge in [0, 0.05) is 49.7 Å². The molecule has 4 heterocycles. The molecule has 0 radical (unpaired) electrons. The van der Waals surface area contributed by atoms with Gasteiger partial charge in [0.1, 0.15) is 5.69 Å². The van der Waals surface area contributed by atoms with Crippen molar-refractivity contribution >= 4 is 22.5 Å². The lowest BCUT2D eigenvalue weighted by atomic mass is 9.77. The molecule has 2 aromatic carbocycles. The number of para-hydroxylation sites is 1. The number of amides is 1. The Morgan fingerprint density at radius 2 is 1.77 bits per heavy atom. The Kier molecular flexibility index (Phi) is 5.17. The zero-order valence-electron chi connectivity index (χ0n) is 19.7. The number of piperidine rings is 1. The van der Waals surface area contributed by atoms with E-state index in [1.165, 1.54) is 6.07 Å². The molecule has 1 aromatic heterocycles. The molecule has 0 unspecified atom stereocenters. The van der Waals surface area contributed by atoms with Crippen LogP contribution in [0.4, 0.5) is 5.69 Å². The quantitative estimate of drug-likeness (QED) is 0.419. The maximum absolute atomic E-state index is 13.3. The van der Waals surface area contributed by atoms with Crippen LogP contribution in [-0.2, 0) is 13.6 Å². The highest BCUT2D eigenvalue weighted by atomic mass is 16.7. The van der Waals surface area contributed by atoms with E-state index < -0.39 is 0 Å². The second-order valence-electron chi connectivity index (χ2n) is 9.99. The van der Waals surface area contributed by atoms with Gasteiger partial charge in [0.15, 0.2) is 11.5 Å². The van der Waals surface area contributed by atoms with E-state index in [1.54, 1.807) is 6.07 Å². The number of hydrogen-bond donors (Lipinski definition) is 0. The van der Waals surface area contributed by atoms with Gasteiger partial charge in [-0.3, -0.25) is 19.8 Å². The number of nitro groups is 1. The van der Waals surface area contributed by atoms with E-state index >= 15 is 0 Å². The Hall–Kier alpha value is -3.59. The molecule has 6 rings (SSSR count). The average molecular weight is 477 g/mol. The monoisotopic (exact) mass is 476 g/mol. The molecule has 3 aliphatic rings. The van der Waals surface area contributed by atoms with Crippen molar-refractivity contribution in [3.8, 4) is 11.5 Å². The summed E-state index contributed by atoms with van der Waals surface area (Å²) in [6, 6.07) is 13.3. The molecule has 1 amide bonds. The fraction of sp³-hybridized carbons (Fsp3) is 0.423. The van der Waals surface area contributed by atoms with Crippen molar-refractivity contribution < 1.29 is 19.2 Å². The van der Waals surface area contributed by atoms with Crippen molar-refractivity contribution in [2.45, 2.75) is 25.8 Å². The van der Waals surface area contributed by atoms with Gasteiger partial charge in [-0.1, -0.05) is 18.2 Å². The first-order valence-electron chi connectivity index (χ1n) is 12.1. The van der Waals surface area contributed by atoms with Crippen LogP contribution in [0.3, 0.4) is 0 Å². The molecule has 0 bridgehead atoms. The third-order valence-corrected chi connectivity index (χ3v) is 7.96. The van der Waals surface area contributed by atoms with Crippen molar-refractivity contribution in [2.24, 2.45) is 12.5 Å². The van der Waals surface area contributed by atoms with Crippen LogP contribution in [0.15, 0.2) is 42.5 Å². The number of rotatable bonds is 4. The number of aromatic nitrogens is 1. The normalized spacial score (nSPS) is 19.1. The van der Waals surface area contributed by atoms with Gasteiger partial charge in [0.2, 0.25) is 6.79 Å². The summed E-state index contributed by atoms with van der Waals surface area (Å²) in [6.07, 6.45) is 2.94. The fourth-order valence-electron chi connectivity index (χ4n) is 5.92. The molecule has 3 aromatic rings. The summed E-state index contributed by atoms with van der Waals surface area (Å²) in [4.78, 5) is 28.9. The van der Waals surface area contributed by atoms with Crippen molar-refractivity contribution in [3.05, 3.63) is 63.8 Å². The van der Waals surface area contributed by atoms with Crippen LogP contribution in [0.1, 0.15) is 35.3 Å². The Morgan fingerprint density at radius 3 is 2.51 bits per heavy atom. The molecule has 0 saturated carbocycles. The lowest BCUT2D eigenvalue weighted by Gasteiger charge is -2.39. The molecule has 0 N–H and O–H groups in total. The van der Waals surface area contributed by atoms with Crippen LogP contribution in [0.2, 0.25) is 0 Å². The standard InChI is InChI=1S/C26H28N4O5/c1-27-20-5-3-2-4-18(20)12-22(27)25(31)29-10-7-26(8-11-29)6-9-28(16-26)15-19-13-23-24(35-17-34-23)14-21(19)30(32)33/h2-5,12-14H,6-11,15-17H2,1H3. The number of nitro benzene ring substituents is 1. The second-order valence-corrected chi connectivity index (χ2v) is 9.99. The van der Waals surface area contributed by atoms with Crippen molar-refractivity contribution in [1.29, 1.82) is 0 Å². The summed E-state index contributed by atoms with van der Waals surface area (Å²) < 4.78 is 12.7. The minimum absolute atomic E-state index is 0.0746. The van der Waals surface area contributed by atoms with Crippen LogP contribution in [0.25, 0.3) is 10.9 Å². The first kappa shape index (κ1) is 21.9. The lowest BCUT2D eigenvalue weighted by molar-refractivity contribution is -0.385. The predicted molar refractivity (Wildman–Crippen MR) is 130 cm³/mol. The third kappa shape index (κ3) is 3.80. The first-order chi connectivity index (χ1) is 16.9. The molecule has 1 spiro atoms. The van der Waals surface area contributed by atoms with Crippen molar-refractivity contribution in [2.75, 3.05) is 33.0 Å². The smallest absolute Gasteiger partial charge is 0.277 e. The number of carbonyl (C=O) groups is 1. The Bertz CT molecular complexity index is 1320. The number of benzene rings is 2. The summed E-state index contributed by atoms with van der Waals surface area (Å²) in [5, 5.41) is 12.7. The number of fused-ring (bicyclic) bond motifs is 2. The molecule has 9 heteroatoms. The zero-order chi connectivity index (χ0) is 24.2. The predicted octanol–water partition coefficient (Wildman–Crippen LogP) is 3.94. The van der Waals surface area contributed by atoms with E-state index in [0.717, 1.165) is 62.0 Å². The summed E-state index contributed by atoms with van der Waals surface area (Å²) in [6.45, 7) is 3.85. The Balaban J connectivity index is 1.12. The summed E-state index contributed by atoms with van der Waals surface area (Å²) in [7, 11) is 1.95. The fourth-order valence-corrected chi connectivity index (χ4v) is 5.92. The molecule has 0 aliphatic carbocycles. The SMILES string of the molecule is Cn1c(C(=O)N2CCC3(CCN(Cc4cc5c(cc4[N+](=O)[O-])OCO5)C3)CC2)cc2ccccc21. The maximum Gasteiger partial charge on any atom is 0.277 e.